The molecule has 1 aromatic heterocycles. The van der Waals surface area contributed by atoms with Crippen LogP contribution in [-0.4, -0.2) is 44.6 Å². The number of ether oxygens (including phenoxy) is 2. The van der Waals surface area contributed by atoms with Crippen LogP contribution in [-0.2, 0) is 29.4 Å². The molecule has 0 amide bonds. The molecule has 7 nitrogen and oxygen atoms in total. The van der Waals surface area contributed by atoms with E-state index in [1.807, 2.05) is 42.5 Å². The van der Waals surface area contributed by atoms with Gasteiger partial charge in [-0.25, -0.2) is 13.4 Å². The summed E-state index contributed by atoms with van der Waals surface area (Å²) in [6, 6.07) is 31.9. The van der Waals surface area contributed by atoms with Crippen LogP contribution in [0.5, 0.6) is 11.5 Å². The third-order valence-electron chi connectivity index (χ3n) is 8.86. The highest BCUT2D eigenvalue weighted by atomic mass is 32.2. The van der Waals surface area contributed by atoms with Crippen molar-refractivity contribution in [1.82, 2.24) is 8.87 Å². The Morgan fingerprint density at radius 2 is 1.53 bits per heavy atom. The smallest absolute Gasteiger partial charge is 0.243 e. The first-order valence-corrected chi connectivity index (χ1v) is 18.3. The molecule has 0 unspecified atom stereocenters. The largest absolute Gasteiger partial charge is 0.493 e. The van der Waals surface area contributed by atoms with Crippen molar-refractivity contribution in [2.24, 2.45) is 10.9 Å². The Hall–Kier alpha value is -4.18. The van der Waals surface area contributed by atoms with Crippen molar-refractivity contribution in [2.75, 3.05) is 27.3 Å². The molecule has 0 aliphatic carbocycles. The highest BCUT2D eigenvalue weighted by molar-refractivity contribution is 7.89. The van der Waals surface area contributed by atoms with Crippen molar-refractivity contribution in [3.63, 3.8) is 0 Å². The molecule has 5 aromatic rings. The fourth-order valence-corrected chi connectivity index (χ4v) is 8.55. The number of hydrogen-bond acceptors (Lipinski definition) is 6. The van der Waals surface area contributed by atoms with E-state index >= 15 is 0 Å². The van der Waals surface area contributed by atoms with Crippen LogP contribution in [0.3, 0.4) is 0 Å². The van der Waals surface area contributed by atoms with E-state index in [1.54, 1.807) is 42.0 Å². The van der Waals surface area contributed by atoms with Gasteiger partial charge in [-0.2, -0.15) is 4.31 Å². The fourth-order valence-electron chi connectivity index (χ4n) is 6.12. The normalized spacial score (nSPS) is 14.7. The molecule has 0 saturated carbocycles. The quantitative estimate of drug-likeness (QED) is 0.145. The first kappa shape index (κ1) is 32.7. The molecule has 0 atom stereocenters. The summed E-state index contributed by atoms with van der Waals surface area (Å²) in [4.78, 5) is 6.19. The Morgan fingerprint density at radius 1 is 0.830 bits per heavy atom. The van der Waals surface area contributed by atoms with Crippen molar-refractivity contribution in [3.8, 4) is 22.8 Å². The standard InChI is InChI=1S/C38H41N3O4S2/c1-28-9-14-33(15-10-28)39-38-41(24-21-30-11-18-36(44-2)37(26-30)45-3)35(27-46-38)32-12-16-34(17-13-32)47(42,43)40-22-19-31(20-23-40)25-29-7-5-4-6-8-29/h4-18,26-27,31H,19-25H2,1-3H3. The lowest BCUT2D eigenvalue weighted by molar-refractivity contribution is 0.273. The van der Waals surface area contributed by atoms with Gasteiger partial charge in [0.05, 0.1) is 30.5 Å². The van der Waals surface area contributed by atoms with Crippen LogP contribution >= 0.6 is 11.3 Å². The number of rotatable bonds is 11. The lowest BCUT2D eigenvalue weighted by Gasteiger charge is -2.31. The number of thiazole rings is 1. The Kier molecular flexibility index (Phi) is 10.3. The van der Waals surface area contributed by atoms with Crippen LogP contribution < -0.4 is 14.3 Å². The lowest BCUT2D eigenvalue weighted by atomic mass is 9.91. The van der Waals surface area contributed by atoms with Gasteiger partial charge in [0.1, 0.15) is 0 Å². The second-order valence-electron chi connectivity index (χ2n) is 12.0. The Morgan fingerprint density at radius 3 is 2.21 bits per heavy atom. The molecule has 1 fully saturated rings. The average molecular weight is 668 g/mol. The molecule has 2 heterocycles. The molecule has 0 N–H and O–H groups in total. The van der Waals surface area contributed by atoms with Gasteiger partial charge in [-0.05, 0) is 91.6 Å². The van der Waals surface area contributed by atoms with Crippen molar-refractivity contribution in [3.05, 3.63) is 124 Å². The van der Waals surface area contributed by atoms with Gasteiger partial charge < -0.3 is 14.0 Å². The van der Waals surface area contributed by atoms with Gasteiger partial charge in [0.2, 0.25) is 10.0 Å². The molecule has 0 radical (unpaired) electrons. The van der Waals surface area contributed by atoms with Crippen molar-refractivity contribution < 1.29 is 17.9 Å². The number of nitrogens with zero attached hydrogens (tertiary/aromatic N) is 3. The SMILES string of the molecule is COc1ccc(CCn2c(-c3ccc(S(=O)(=O)N4CCC(Cc5ccccc5)CC4)cc3)csc2=Nc2ccc(C)cc2)cc1OC. The van der Waals surface area contributed by atoms with Crippen LogP contribution in [0.15, 0.2) is 112 Å². The summed E-state index contributed by atoms with van der Waals surface area (Å²) in [5.41, 5.74) is 6.43. The first-order valence-electron chi connectivity index (χ1n) is 16.0. The molecular formula is C38H41N3O4S2. The van der Waals surface area contributed by atoms with Gasteiger partial charge >= 0.3 is 0 Å². The third-order valence-corrected chi connectivity index (χ3v) is 11.6. The van der Waals surface area contributed by atoms with Crippen LogP contribution in [0.4, 0.5) is 5.69 Å². The molecule has 47 heavy (non-hydrogen) atoms. The molecule has 244 valence electrons. The zero-order valence-electron chi connectivity index (χ0n) is 27.1. The van der Waals surface area contributed by atoms with Gasteiger partial charge in [-0.1, -0.05) is 66.2 Å². The fraction of sp³-hybridized carbons (Fsp3) is 0.289. The maximum Gasteiger partial charge on any atom is 0.243 e. The number of benzene rings is 4. The van der Waals surface area contributed by atoms with Gasteiger partial charge in [0.15, 0.2) is 16.3 Å². The van der Waals surface area contributed by atoms with E-state index in [0.717, 1.165) is 53.0 Å². The Balaban J connectivity index is 1.23. The summed E-state index contributed by atoms with van der Waals surface area (Å²) in [6.07, 6.45) is 3.48. The second-order valence-corrected chi connectivity index (χ2v) is 14.8. The minimum atomic E-state index is -3.58. The second kappa shape index (κ2) is 14.7. The van der Waals surface area contributed by atoms with Gasteiger partial charge in [-0.3, -0.25) is 0 Å². The molecule has 9 heteroatoms. The van der Waals surface area contributed by atoms with Crippen molar-refractivity contribution >= 4 is 27.0 Å². The van der Waals surface area contributed by atoms with Crippen LogP contribution in [0.1, 0.15) is 29.5 Å². The summed E-state index contributed by atoms with van der Waals surface area (Å²) in [5, 5.41) is 2.10. The van der Waals surface area contributed by atoms with E-state index in [-0.39, 0.29) is 0 Å². The first-order chi connectivity index (χ1) is 22.8. The molecule has 0 spiro atoms. The zero-order chi connectivity index (χ0) is 32.8. The molecule has 0 bridgehead atoms. The van der Waals surface area contributed by atoms with Crippen molar-refractivity contribution in [1.29, 1.82) is 0 Å². The zero-order valence-corrected chi connectivity index (χ0v) is 28.8. The topological polar surface area (TPSA) is 73.1 Å². The van der Waals surface area contributed by atoms with E-state index < -0.39 is 10.0 Å². The van der Waals surface area contributed by atoms with E-state index in [4.69, 9.17) is 14.5 Å². The minimum Gasteiger partial charge on any atom is -0.493 e. The summed E-state index contributed by atoms with van der Waals surface area (Å²) >= 11 is 1.58. The number of piperidine rings is 1. The molecule has 4 aromatic carbocycles. The number of aromatic nitrogens is 1. The Bertz CT molecular complexity index is 1960. The summed E-state index contributed by atoms with van der Waals surface area (Å²) in [5.74, 6) is 1.89. The summed E-state index contributed by atoms with van der Waals surface area (Å²) < 4.78 is 42.1. The van der Waals surface area contributed by atoms with Crippen LogP contribution in [0, 0.1) is 12.8 Å². The highest BCUT2D eigenvalue weighted by Gasteiger charge is 2.29. The Labute approximate surface area is 281 Å². The van der Waals surface area contributed by atoms with Crippen LogP contribution in [0.2, 0.25) is 0 Å². The lowest BCUT2D eigenvalue weighted by Crippen LogP contribution is -2.38. The van der Waals surface area contributed by atoms with E-state index in [0.29, 0.717) is 41.9 Å². The minimum absolute atomic E-state index is 0.333. The van der Waals surface area contributed by atoms with Gasteiger partial charge in [0.25, 0.3) is 0 Å². The molecule has 1 aliphatic rings. The van der Waals surface area contributed by atoms with Gasteiger partial charge in [-0.15, -0.1) is 11.3 Å². The highest BCUT2D eigenvalue weighted by Crippen LogP contribution is 2.30. The number of sulfonamides is 1. The predicted octanol–water partition coefficient (Wildman–Crippen LogP) is 7.66. The number of methoxy groups -OCH3 is 2. The van der Waals surface area contributed by atoms with Crippen molar-refractivity contribution in [2.45, 2.75) is 44.0 Å². The molecule has 1 saturated heterocycles. The van der Waals surface area contributed by atoms with Gasteiger partial charge in [0, 0.05) is 25.0 Å². The predicted molar refractivity (Wildman–Crippen MR) is 189 cm³/mol. The van der Waals surface area contributed by atoms with E-state index in [1.165, 1.54) is 11.1 Å². The van der Waals surface area contributed by atoms with E-state index in [2.05, 4.69) is 59.3 Å². The summed E-state index contributed by atoms with van der Waals surface area (Å²) in [6.45, 7) is 3.84. The number of aryl methyl sites for hydroxylation is 2. The maximum atomic E-state index is 13.6. The molecule has 1 aliphatic heterocycles. The number of hydrogen-bond donors (Lipinski definition) is 0. The molecular weight excluding hydrogens is 627 g/mol. The maximum absolute atomic E-state index is 13.6. The van der Waals surface area contributed by atoms with Crippen LogP contribution in [0.25, 0.3) is 11.3 Å². The molecule has 6 rings (SSSR count). The monoisotopic (exact) mass is 667 g/mol. The average Bonchev–Trinajstić information content (AvgIpc) is 3.50. The summed E-state index contributed by atoms with van der Waals surface area (Å²) in [7, 11) is -0.300. The van der Waals surface area contributed by atoms with E-state index in [9.17, 15) is 8.42 Å². The third kappa shape index (κ3) is 7.70.